The average molecular weight is 425 g/mol. The predicted octanol–water partition coefficient (Wildman–Crippen LogP) is 0.0962. The third-order valence-electron chi connectivity index (χ3n) is 5.18. The first-order valence-electron chi connectivity index (χ1n) is 8.87. The Balaban J connectivity index is 2.00. The molecule has 3 rings (SSSR count). The van der Waals surface area contributed by atoms with Crippen LogP contribution in [0.25, 0.3) is 0 Å². The first kappa shape index (κ1) is 20.9. The van der Waals surface area contributed by atoms with Crippen LogP contribution < -0.4 is 10.2 Å². The molecule has 2 heterocycles. The van der Waals surface area contributed by atoms with Crippen molar-refractivity contribution in [3.05, 3.63) is 29.1 Å². The van der Waals surface area contributed by atoms with Gasteiger partial charge in [-0.25, -0.2) is 12.8 Å². The highest BCUT2D eigenvalue weighted by Crippen LogP contribution is 2.35. The SMILES string of the molecule is CC(CN(C)c1c(F)ccc2c1C(=O)N(C1CCC(=O)NC1=O)C2=O)S(C)(=O)=O. The lowest BCUT2D eigenvalue weighted by molar-refractivity contribution is -0.136. The third-order valence-corrected chi connectivity index (χ3v) is 6.79. The van der Waals surface area contributed by atoms with Crippen LogP contribution in [0.4, 0.5) is 10.1 Å². The van der Waals surface area contributed by atoms with Gasteiger partial charge in [0.2, 0.25) is 11.8 Å². The summed E-state index contributed by atoms with van der Waals surface area (Å²) < 4.78 is 38.1. The Morgan fingerprint density at radius 1 is 1.24 bits per heavy atom. The number of benzene rings is 1. The fourth-order valence-corrected chi connectivity index (χ4v) is 3.99. The van der Waals surface area contributed by atoms with E-state index in [-0.39, 0.29) is 36.2 Å². The molecule has 2 aliphatic heterocycles. The molecule has 0 bridgehead atoms. The molecule has 1 N–H and O–H groups in total. The number of imide groups is 2. The normalized spacial score (nSPS) is 20.6. The van der Waals surface area contributed by atoms with Gasteiger partial charge in [0, 0.05) is 26.3 Å². The van der Waals surface area contributed by atoms with Gasteiger partial charge in [0.15, 0.2) is 9.84 Å². The second-order valence-electron chi connectivity index (χ2n) is 7.29. The minimum atomic E-state index is -3.41. The van der Waals surface area contributed by atoms with E-state index >= 15 is 0 Å². The van der Waals surface area contributed by atoms with Gasteiger partial charge in [-0.05, 0) is 25.5 Å². The summed E-state index contributed by atoms with van der Waals surface area (Å²) in [5.74, 6) is -3.67. The van der Waals surface area contributed by atoms with E-state index in [1.54, 1.807) is 0 Å². The maximum absolute atomic E-state index is 14.6. The van der Waals surface area contributed by atoms with Crippen LogP contribution in [-0.4, -0.2) is 68.1 Å². The number of nitrogens with one attached hydrogen (secondary N) is 1. The number of rotatable bonds is 5. The van der Waals surface area contributed by atoms with Crippen LogP contribution in [0, 0.1) is 5.82 Å². The Labute approximate surface area is 166 Å². The van der Waals surface area contributed by atoms with E-state index in [0.29, 0.717) is 0 Å². The largest absolute Gasteiger partial charge is 0.370 e. The van der Waals surface area contributed by atoms with Crippen molar-refractivity contribution in [2.24, 2.45) is 0 Å². The Bertz CT molecular complexity index is 1040. The number of carbonyl (C=O) groups excluding carboxylic acids is 4. The van der Waals surface area contributed by atoms with Crippen molar-refractivity contribution < 1.29 is 32.0 Å². The number of halogens is 1. The lowest BCUT2D eigenvalue weighted by Gasteiger charge is -2.28. The fourth-order valence-electron chi connectivity index (χ4n) is 3.50. The van der Waals surface area contributed by atoms with Gasteiger partial charge in [-0.3, -0.25) is 29.4 Å². The van der Waals surface area contributed by atoms with Crippen molar-refractivity contribution in [2.75, 3.05) is 24.7 Å². The van der Waals surface area contributed by atoms with E-state index in [9.17, 15) is 32.0 Å². The van der Waals surface area contributed by atoms with E-state index in [1.807, 2.05) is 0 Å². The second-order valence-corrected chi connectivity index (χ2v) is 9.75. The van der Waals surface area contributed by atoms with E-state index in [1.165, 1.54) is 18.9 Å². The first-order chi connectivity index (χ1) is 13.4. The van der Waals surface area contributed by atoms with Crippen LogP contribution in [0.2, 0.25) is 0 Å². The number of sulfone groups is 1. The third kappa shape index (κ3) is 3.61. The van der Waals surface area contributed by atoms with Crippen LogP contribution in [0.1, 0.15) is 40.5 Å². The zero-order chi connectivity index (χ0) is 21.7. The van der Waals surface area contributed by atoms with Crippen molar-refractivity contribution in [1.82, 2.24) is 10.2 Å². The molecule has 0 aromatic heterocycles. The molecular weight excluding hydrogens is 405 g/mol. The maximum atomic E-state index is 14.6. The number of piperidine rings is 1. The molecule has 156 valence electrons. The molecule has 0 radical (unpaired) electrons. The zero-order valence-corrected chi connectivity index (χ0v) is 16.9. The molecule has 0 spiro atoms. The number of fused-ring (bicyclic) bond motifs is 1. The Hall–Kier alpha value is -2.82. The number of hydrogen-bond donors (Lipinski definition) is 1. The lowest BCUT2D eigenvalue weighted by atomic mass is 10.0. The number of amides is 4. The van der Waals surface area contributed by atoms with E-state index < -0.39 is 50.6 Å². The molecule has 1 saturated heterocycles. The molecule has 0 saturated carbocycles. The van der Waals surface area contributed by atoms with Gasteiger partial charge < -0.3 is 4.90 Å². The quantitative estimate of drug-likeness (QED) is 0.664. The minimum Gasteiger partial charge on any atom is -0.370 e. The highest BCUT2D eigenvalue weighted by molar-refractivity contribution is 7.91. The molecule has 11 heteroatoms. The van der Waals surface area contributed by atoms with Gasteiger partial charge in [-0.1, -0.05) is 0 Å². The number of carbonyl (C=O) groups is 4. The molecular formula is C18H20FN3O6S. The van der Waals surface area contributed by atoms with Crippen LogP contribution in [0.3, 0.4) is 0 Å². The van der Waals surface area contributed by atoms with E-state index in [0.717, 1.165) is 23.3 Å². The van der Waals surface area contributed by atoms with Crippen molar-refractivity contribution >= 4 is 39.2 Å². The second kappa shape index (κ2) is 7.21. The molecule has 1 aromatic carbocycles. The molecule has 2 atom stereocenters. The van der Waals surface area contributed by atoms with Crippen LogP contribution in [-0.2, 0) is 19.4 Å². The van der Waals surface area contributed by atoms with Crippen molar-refractivity contribution in [2.45, 2.75) is 31.1 Å². The van der Waals surface area contributed by atoms with E-state index in [2.05, 4.69) is 5.32 Å². The van der Waals surface area contributed by atoms with Crippen molar-refractivity contribution in [3.63, 3.8) is 0 Å². The van der Waals surface area contributed by atoms with Crippen molar-refractivity contribution in [1.29, 1.82) is 0 Å². The van der Waals surface area contributed by atoms with E-state index in [4.69, 9.17) is 0 Å². The Kier molecular flexibility index (Phi) is 5.20. The standard InChI is InChI=1S/C18H20FN3O6S/c1-9(29(3,27)28)8-21(2)15-11(19)5-4-10-14(15)18(26)22(17(10)25)12-6-7-13(23)20-16(12)24/h4-5,9,12H,6-8H2,1-3H3,(H,20,23,24). The van der Waals surface area contributed by atoms with Gasteiger partial charge >= 0.3 is 0 Å². The Morgan fingerprint density at radius 3 is 2.48 bits per heavy atom. The molecule has 2 aliphatic rings. The molecule has 2 unspecified atom stereocenters. The summed E-state index contributed by atoms with van der Waals surface area (Å²) in [5.41, 5.74) is -0.496. The summed E-state index contributed by atoms with van der Waals surface area (Å²) in [6, 6.07) is 1.01. The summed E-state index contributed by atoms with van der Waals surface area (Å²) in [4.78, 5) is 51.4. The molecule has 1 fully saturated rings. The summed E-state index contributed by atoms with van der Waals surface area (Å²) in [6.07, 6.45) is 1.00. The summed E-state index contributed by atoms with van der Waals surface area (Å²) in [6.45, 7) is 1.35. The fraction of sp³-hybridized carbons (Fsp3) is 0.444. The summed E-state index contributed by atoms with van der Waals surface area (Å²) in [7, 11) is -1.99. The predicted molar refractivity (Wildman–Crippen MR) is 101 cm³/mol. The van der Waals surface area contributed by atoms with Crippen LogP contribution >= 0.6 is 0 Å². The summed E-state index contributed by atoms with van der Waals surface area (Å²) >= 11 is 0. The van der Waals surface area contributed by atoms with Gasteiger partial charge in [-0.2, -0.15) is 0 Å². The number of hydrogen-bond acceptors (Lipinski definition) is 7. The number of nitrogens with zero attached hydrogens (tertiary/aromatic N) is 2. The van der Waals surface area contributed by atoms with Crippen LogP contribution in [0.15, 0.2) is 12.1 Å². The van der Waals surface area contributed by atoms with Gasteiger partial charge in [0.1, 0.15) is 11.9 Å². The number of anilines is 1. The Morgan fingerprint density at radius 2 is 1.90 bits per heavy atom. The lowest BCUT2D eigenvalue weighted by Crippen LogP contribution is -2.54. The summed E-state index contributed by atoms with van der Waals surface area (Å²) in [5, 5.41) is 1.24. The maximum Gasteiger partial charge on any atom is 0.264 e. The topological polar surface area (TPSA) is 121 Å². The van der Waals surface area contributed by atoms with Crippen LogP contribution in [0.5, 0.6) is 0 Å². The first-order valence-corrected chi connectivity index (χ1v) is 10.8. The van der Waals surface area contributed by atoms with Gasteiger partial charge in [0.05, 0.1) is 22.1 Å². The van der Waals surface area contributed by atoms with Gasteiger partial charge in [0.25, 0.3) is 11.8 Å². The average Bonchev–Trinajstić information content (AvgIpc) is 2.85. The molecule has 1 aromatic rings. The highest BCUT2D eigenvalue weighted by Gasteiger charge is 2.46. The smallest absolute Gasteiger partial charge is 0.264 e. The van der Waals surface area contributed by atoms with Gasteiger partial charge in [-0.15, -0.1) is 0 Å². The molecule has 4 amide bonds. The zero-order valence-electron chi connectivity index (χ0n) is 16.1. The monoisotopic (exact) mass is 425 g/mol. The molecule has 29 heavy (non-hydrogen) atoms. The minimum absolute atomic E-state index is 0.0189. The molecule has 0 aliphatic carbocycles. The van der Waals surface area contributed by atoms with Crippen molar-refractivity contribution in [3.8, 4) is 0 Å². The highest BCUT2D eigenvalue weighted by atomic mass is 32.2. The molecule has 9 nitrogen and oxygen atoms in total.